The van der Waals surface area contributed by atoms with Crippen molar-refractivity contribution in [2.75, 3.05) is 33.3 Å². The zero-order chi connectivity index (χ0) is 21.2. The van der Waals surface area contributed by atoms with E-state index in [2.05, 4.69) is 48.2 Å². The summed E-state index contributed by atoms with van der Waals surface area (Å²) in [6.45, 7) is 7.45. The maximum atomic E-state index is 8.30. The summed E-state index contributed by atoms with van der Waals surface area (Å²) in [5, 5.41) is 6.59. The molecule has 14 nitrogen and oxygen atoms in total. The molecule has 1 heterocycles. The molecule has 0 aliphatic heterocycles. The van der Waals surface area contributed by atoms with E-state index in [-0.39, 0.29) is 51.3 Å². The number of ether oxygens (including phenoxy) is 3. The fourth-order valence-corrected chi connectivity index (χ4v) is 3.09. The zero-order valence-electron chi connectivity index (χ0n) is 15.7. The van der Waals surface area contributed by atoms with Crippen molar-refractivity contribution in [2.45, 2.75) is 12.5 Å². The Balaban J connectivity index is 2.59. The summed E-state index contributed by atoms with van der Waals surface area (Å²) in [5.74, 6) is 0. The molecule has 0 atom stereocenters. The Morgan fingerprint density at radius 3 is 1.79 bits per heavy atom. The first-order chi connectivity index (χ1) is 14.2. The summed E-state index contributed by atoms with van der Waals surface area (Å²) < 4.78 is 26.8. The van der Waals surface area contributed by atoms with Crippen LogP contribution in [0.3, 0.4) is 0 Å². The molecule has 0 aromatic carbocycles. The number of hydrogen-bond acceptors (Lipinski definition) is 10. The number of nitrogens with zero attached hydrogens (tertiary/aromatic N) is 9. The minimum absolute atomic E-state index is 0.0290. The van der Waals surface area contributed by atoms with Crippen LogP contribution in [-0.4, -0.2) is 57.5 Å². The standard InChI is InChI=1S/C14H21N9O5Si/c1-3-6-24-12-19-13(25-7-4-2)21-14(20-12)26-8-5-9-29(27-10-17-22-15)28-11-18-23-16/h3-4,29H,1-2,5-11H2. The number of aromatic nitrogens is 3. The zero-order valence-corrected chi connectivity index (χ0v) is 16.8. The van der Waals surface area contributed by atoms with Gasteiger partial charge in [-0.2, -0.15) is 0 Å². The van der Waals surface area contributed by atoms with Crippen LogP contribution >= 0.6 is 0 Å². The third-order valence-electron chi connectivity index (χ3n) is 2.81. The summed E-state index contributed by atoms with van der Waals surface area (Å²) in [4.78, 5) is 17.3. The van der Waals surface area contributed by atoms with Gasteiger partial charge in [0.05, 0.1) is 6.61 Å². The van der Waals surface area contributed by atoms with E-state index >= 15 is 0 Å². The molecular formula is C14H21N9O5Si. The lowest BCUT2D eigenvalue weighted by Gasteiger charge is -2.14. The Morgan fingerprint density at radius 1 is 0.862 bits per heavy atom. The Bertz CT molecular complexity index is 688. The van der Waals surface area contributed by atoms with Crippen molar-refractivity contribution < 1.29 is 23.1 Å². The summed E-state index contributed by atoms with van der Waals surface area (Å²) in [7, 11) is -2.21. The van der Waals surface area contributed by atoms with Gasteiger partial charge in [0.25, 0.3) is 0 Å². The summed E-state index contributed by atoms with van der Waals surface area (Å²) in [5.41, 5.74) is 16.6. The Kier molecular flexibility index (Phi) is 12.8. The molecule has 0 radical (unpaired) electrons. The van der Waals surface area contributed by atoms with Crippen molar-refractivity contribution in [3.8, 4) is 18.0 Å². The van der Waals surface area contributed by atoms with Gasteiger partial charge in [-0.05, 0) is 23.5 Å². The molecule has 1 rings (SSSR count). The van der Waals surface area contributed by atoms with E-state index in [4.69, 9.17) is 34.1 Å². The first kappa shape index (κ1) is 23.7. The predicted molar refractivity (Wildman–Crippen MR) is 103 cm³/mol. The second kappa shape index (κ2) is 15.7. The van der Waals surface area contributed by atoms with Crippen molar-refractivity contribution >= 4 is 9.28 Å². The molecule has 156 valence electrons. The third kappa shape index (κ3) is 11.2. The van der Waals surface area contributed by atoms with E-state index < -0.39 is 9.28 Å². The van der Waals surface area contributed by atoms with Crippen molar-refractivity contribution in [3.05, 3.63) is 46.2 Å². The van der Waals surface area contributed by atoms with Gasteiger partial charge in [0.1, 0.15) is 26.7 Å². The number of rotatable bonds is 17. The number of hydrogen-bond donors (Lipinski definition) is 0. The molecule has 0 saturated heterocycles. The monoisotopic (exact) mass is 423 g/mol. The largest absolute Gasteiger partial charge is 0.463 e. The van der Waals surface area contributed by atoms with Crippen molar-refractivity contribution in [1.82, 2.24) is 15.0 Å². The second-order valence-electron chi connectivity index (χ2n) is 4.86. The summed E-state index contributed by atoms with van der Waals surface area (Å²) in [6, 6.07) is 0.613. The van der Waals surface area contributed by atoms with E-state index in [9.17, 15) is 0 Å². The quantitative estimate of drug-likeness (QED) is 0.0913. The van der Waals surface area contributed by atoms with Crippen LogP contribution in [0.1, 0.15) is 6.42 Å². The smallest absolute Gasteiger partial charge is 0.326 e. The van der Waals surface area contributed by atoms with E-state index in [0.29, 0.717) is 12.5 Å². The average molecular weight is 423 g/mol. The van der Waals surface area contributed by atoms with Crippen LogP contribution in [0, 0.1) is 0 Å². The summed E-state index contributed by atoms with van der Waals surface area (Å²) in [6.07, 6.45) is 3.62. The van der Waals surface area contributed by atoms with E-state index in [0.717, 1.165) is 0 Å². The average Bonchev–Trinajstić information content (AvgIpc) is 2.73. The number of azide groups is 2. The highest BCUT2D eigenvalue weighted by Crippen LogP contribution is 2.15. The highest BCUT2D eigenvalue weighted by atomic mass is 28.3. The van der Waals surface area contributed by atoms with Gasteiger partial charge in [-0.25, -0.2) is 0 Å². The Hall–Kier alpha value is -3.35. The molecule has 0 aliphatic rings. The van der Waals surface area contributed by atoms with Crippen LogP contribution in [0.15, 0.2) is 35.5 Å². The Morgan fingerprint density at radius 2 is 1.34 bits per heavy atom. The first-order valence-electron chi connectivity index (χ1n) is 8.34. The van der Waals surface area contributed by atoms with Gasteiger partial charge >= 0.3 is 27.3 Å². The first-order valence-corrected chi connectivity index (χ1v) is 10.1. The molecule has 29 heavy (non-hydrogen) atoms. The van der Waals surface area contributed by atoms with Gasteiger partial charge < -0.3 is 23.1 Å². The molecule has 0 spiro atoms. The summed E-state index contributed by atoms with van der Waals surface area (Å²) >= 11 is 0. The maximum absolute atomic E-state index is 8.30. The van der Waals surface area contributed by atoms with Crippen LogP contribution < -0.4 is 14.2 Å². The topological polar surface area (TPSA) is 182 Å². The van der Waals surface area contributed by atoms with E-state index in [1.54, 1.807) is 12.2 Å². The molecule has 1 aromatic heterocycles. The molecule has 0 fully saturated rings. The molecular weight excluding hydrogens is 402 g/mol. The van der Waals surface area contributed by atoms with Gasteiger partial charge in [0.15, 0.2) is 0 Å². The fraction of sp³-hybridized carbons (Fsp3) is 0.500. The lowest BCUT2D eigenvalue weighted by molar-refractivity contribution is 0.199. The van der Waals surface area contributed by atoms with Crippen LogP contribution in [-0.2, 0) is 8.85 Å². The lowest BCUT2D eigenvalue weighted by Crippen LogP contribution is -2.23. The van der Waals surface area contributed by atoms with Gasteiger partial charge in [-0.15, -0.1) is 15.0 Å². The molecule has 15 heteroatoms. The molecule has 1 aromatic rings. The maximum Gasteiger partial charge on any atom is 0.326 e. The highest BCUT2D eigenvalue weighted by molar-refractivity contribution is 6.44. The molecule has 0 aliphatic carbocycles. The normalized spacial score (nSPS) is 10.8. The third-order valence-corrected chi connectivity index (χ3v) is 4.73. The minimum atomic E-state index is -2.21. The fourth-order valence-electron chi connectivity index (χ4n) is 1.69. The SMILES string of the molecule is C=CCOc1nc(OCC=C)nc(OCCC[SiH](OCN=[N+]=[N-])OCN=[N+]=[N-])n1. The molecule has 0 bridgehead atoms. The highest BCUT2D eigenvalue weighted by Gasteiger charge is 2.14. The van der Waals surface area contributed by atoms with Gasteiger partial charge in [0, 0.05) is 9.82 Å². The molecule has 0 saturated carbocycles. The van der Waals surface area contributed by atoms with E-state index in [1.807, 2.05) is 0 Å². The van der Waals surface area contributed by atoms with Gasteiger partial charge in [-0.3, -0.25) is 0 Å². The molecule has 0 amide bonds. The van der Waals surface area contributed by atoms with Crippen molar-refractivity contribution in [3.63, 3.8) is 0 Å². The van der Waals surface area contributed by atoms with E-state index in [1.165, 1.54) is 0 Å². The predicted octanol–water partition coefficient (Wildman–Crippen LogP) is 2.56. The van der Waals surface area contributed by atoms with Gasteiger partial charge in [0.2, 0.25) is 0 Å². The van der Waals surface area contributed by atoms with Crippen LogP contribution in [0.4, 0.5) is 0 Å². The van der Waals surface area contributed by atoms with Crippen molar-refractivity contribution in [2.24, 2.45) is 10.2 Å². The van der Waals surface area contributed by atoms with Crippen LogP contribution in [0.5, 0.6) is 18.0 Å². The van der Waals surface area contributed by atoms with Gasteiger partial charge in [-0.1, -0.05) is 35.5 Å². The Labute approximate surface area is 168 Å². The lowest BCUT2D eigenvalue weighted by atomic mass is 10.5. The minimum Gasteiger partial charge on any atom is -0.463 e. The molecule has 0 unspecified atom stereocenters. The second-order valence-corrected chi connectivity index (χ2v) is 6.96. The van der Waals surface area contributed by atoms with Crippen LogP contribution in [0.25, 0.3) is 20.9 Å². The van der Waals surface area contributed by atoms with Crippen LogP contribution in [0.2, 0.25) is 6.04 Å². The van der Waals surface area contributed by atoms with Crippen molar-refractivity contribution in [1.29, 1.82) is 0 Å². The molecule has 0 N–H and O–H groups in total.